The smallest absolute Gasteiger partial charge is 0.226 e. The maximum absolute atomic E-state index is 12.7. The standard InChI is InChI=1S/C19H27NO3/c1-18(2)10-14(21)17-13-9-16(22)20(12-7-5-4-6-8-12)19(13,3)23-15(17)11-18/h12-13H,4-11H2,1-3H3. The number of Topliss-reactive ketones (excluding diaryl/α,β-unsaturated/α-hetero) is 1. The molecule has 2 aliphatic carbocycles. The maximum atomic E-state index is 12.7. The summed E-state index contributed by atoms with van der Waals surface area (Å²) in [5.41, 5.74) is 0.170. The van der Waals surface area contributed by atoms with Gasteiger partial charge in [0.2, 0.25) is 5.91 Å². The van der Waals surface area contributed by atoms with Crippen molar-refractivity contribution in [1.82, 2.24) is 4.90 Å². The summed E-state index contributed by atoms with van der Waals surface area (Å²) in [5, 5.41) is 0. The highest BCUT2D eigenvalue weighted by atomic mass is 16.5. The number of carbonyl (C=O) groups excluding carboxylic acids is 2. The van der Waals surface area contributed by atoms with Crippen molar-refractivity contribution in [2.75, 3.05) is 0 Å². The van der Waals surface area contributed by atoms with Gasteiger partial charge in [-0.05, 0) is 25.2 Å². The van der Waals surface area contributed by atoms with Crippen LogP contribution in [-0.2, 0) is 14.3 Å². The summed E-state index contributed by atoms with van der Waals surface area (Å²) in [4.78, 5) is 27.4. The van der Waals surface area contributed by atoms with E-state index in [9.17, 15) is 9.59 Å². The average Bonchev–Trinajstić information content (AvgIpc) is 2.84. The lowest BCUT2D eigenvalue weighted by atomic mass is 9.73. The minimum absolute atomic E-state index is 0.0371. The number of hydrogen-bond acceptors (Lipinski definition) is 3. The number of fused-ring (bicyclic) bond motifs is 2. The maximum Gasteiger partial charge on any atom is 0.226 e. The first-order chi connectivity index (χ1) is 10.8. The van der Waals surface area contributed by atoms with Crippen LogP contribution in [0.4, 0.5) is 0 Å². The molecule has 126 valence electrons. The fourth-order valence-electron chi connectivity index (χ4n) is 5.28. The van der Waals surface area contributed by atoms with E-state index in [0.717, 1.165) is 30.6 Å². The second-order valence-electron chi connectivity index (χ2n) is 8.75. The molecule has 2 atom stereocenters. The van der Waals surface area contributed by atoms with E-state index in [0.29, 0.717) is 12.8 Å². The summed E-state index contributed by atoms with van der Waals surface area (Å²) in [6.07, 6.45) is 7.61. The molecule has 0 bridgehead atoms. The minimum atomic E-state index is -0.625. The number of ketones is 1. The number of allylic oxidation sites excluding steroid dienone is 1. The largest absolute Gasteiger partial charge is 0.471 e. The van der Waals surface area contributed by atoms with Crippen LogP contribution in [0.1, 0.15) is 72.1 Å². The van der Waals surface area contributed by atoms with Crippen LogP contribution in [0, 0.1) is 11.3 Å². The van der Waals surface area contributed by atoms with Crippen molar-refractivity contribution in [2.45, 2.75) is 83.9 Å². The van der Waals surface area contributed by atoms with Crippen LogP contribution in [0.15, 0.2) is 11.3 Å². The number of rotatable bonds is 1. The molecular weight excluding hydrogens is 290 g/mol. The number of carbonyl (C=O) groups is 2. The Balaban J connectivity index is 1.68. The molecule has 0 aromatic carbocycles. The van der Waals surface area contributed by atoms with Gasteiger partial charge in [-0.2, -0.15) is 0 Å². The van der Waals surface area contributed by atoms with E-state index < -0.39 is 5.72 Å². The summed E-state index contributed by atoms with van der Waals surface area (Å²) in [5.74, 6) is 1.18. The molecule has 2 aliphatic heterocycles. The zero-order valence-corrected chi connectivity index (χ0v) is 14.5. The van der Waals surface area contributed by atoms with Crippen molar-refractivity contribution in [3.05, 3.63) is 11.3 Å². The van der Waals surface area contributed by atoms with E-state index in [4.69, 9.17) is 4.74 Å². The van der Waals surface area contributed by atoms with Crippen LogP contribution < -0.4 is 0 Å². The van der Waals surface area contributed by atoms with Gasteiger partial charge in [-0.15, -0.1) is 0 Å². The topological polar surface area (TPSA) is 46.6 Å². The number of amides is 1. The summed E-state index contributed by atoms with van der Waals surface area (Å²) in [6, 6.07) is 0.288. The van der Waals surface area contributed by atoms with Gasteiger partial charge in [-0.3, -0.25) is 9.59 Å². The molecule has 23 heavy (non-hydrogen) atoms. The van der Waals surface area contributed by atoms with Crippen LogP contribution >= 0.6 is 0 Å². The fraction of sp³-hybridized carbons (Fsp3) is 0.789. The van der Waals surface area contributed by atoms with Gasteiger partial charge in [0.05, 0.1) is 5.92 Å². The normalized spacial score (nSPS) is 37.0. The highest BCUT2D eigenvalue weighted by Crippen LogP contribution is 2.55. The van der Waals surface area contributed by atoms with Gasteiger partial charge in [0.1, 0.15) is 5.76 Å². The summed E-state index contributed by atoms with van der Waals surface area (Å²) in [7, 11) is 0. The lowest BCUT2D eigenvalue weighted by Gasteiger charge is -2.42. The lowest BCUT2D eigenvalue weighted by molar-refractivity contribution is -0.155. The number of ether oxygens (including phenoxy) is 1. The van der Waals surface area contributed by atoms with Gasteiger partial charge in [0.15, 0.2) is 11.5 Å². The van der Waals surface area contributed by atoms with Crippen LogP contribution in [0.25, 0.3) is 0 Å². The Morgan fingerprint density at radius 2 is 1.74 bits per heavy atom. The van der Waals surface area contributed by atoms with E-state index >= 15 is 0 Å². The van der Waals surface area contributed by atoms with Crippen molar-refractivity contribution in [3.8, 4) is 0 Å². The highest BCUT2D eigenvalue weighted by molar-refractivity contribution is 6.00. The first-order valence-corrected chi connectivity index (χ1v) is 9.09. The molecule has 0 aromatic rings. The quantitative estimate of drug-likeness (QED) is 0.743. The highest BCUT2D eigenvalue weighted by Gasteiger charge is 2.61. The predicted molar refractivity (Wildman–Crippen MR) is 86.4 cm³/mol. The molecule has 4 nitrogen and oxygen atoms in total. The summed E-state index contributed by atoms with van der Waals surface area (Å²) >= 11 is 0. The van der Waals surface area contributed by atoms with Gasteiger partial charge in [-0.1, -0.05) is 33.1 Å². The van der Waals surface area contributed by atoms with Crippen LogP contribution in [0.3, 0.4) is 0 Å². The zero-order valence-electron chi connectivity index (χ0n) is 14.5. The van der Waals surface area contributed by atoms with Crippen LogP contribution in [0.5, 0.6) is 0 Å². The SMILES string of the molecule is CC1(C)CC(=O)C2=C(C1)OC1(C)C2CC(=O)N1C1CCCCC1. The molecule has 1 saturated heterocycles. The first kappa shape index (κ1) is 15.2. The summed E-state index contributed by atoms with van der Waals surface area (Å²) < 4.78 is 6.38. The third-order valence-electron chi connectivity index (χ3n) is 6.27. The Hall–Kier alpha value is -1.32. The molecule has 0 spiro atoms. The average molecular weight is 317 g/mol. The third kappa shape index (κ3) is 2.17. The van der Waals surface area contributed by atoms with Crippen molar-refractivity contribution in [1.29, 1.82) is 0 Å². The number of hydrogen-bond donors (Lipinski definition) is 0. The van der Waals surface area contributed by atoms with Crippen LogP contribution in [-0.4, -0.2) is 28.4 Å². The monoisotopic (exact) mass is 317 g/mol. The molecule has 2 unspecified atom stereocenters. The van der Waals surface area contributed by atoms with Crippen molar-refractivity contribution >= 4 is 11.7 Å². The molecule has 4 rings (SSSR count). The van der Waals surface area contributed by atoms with Crippen molar-refractivity contribution in [2.24, 2.45) is 11.3 Å². The molecular formula is C19H27NO3. The Labute approximate surface area is 138 Å². The molecule has 0 aromatic heterocycles. The molecule has 2 heterocycles. The molecule has 4 aliphatic rings. The lowest BCUT2D eigenvalue weighted by Crippen LogP contribution is -2.52. The van der Waals surface area contributed by atoms with Crippen LogP contribution in [0.2, 0.25) is 0 Å². The van der Waals surface area contributed by atoms with E-state index in [1.165, 1.54) is 19.3 Å². The molecule has 0 N–H and O–H groups in total. The molecule has 0 radical (unpaired) electrons. The second-order valence-corrected chi connectivity index (χ2v) is 8.75. The predicted octanol–water partition coefficient (Wildman–Crippen LogP) is 3.56. The second kappa shape index (κ2) is 4.84. The van der Waals surface area contributed by atoms with Gasteiger partial charge in [0, 0.05) is 30.9 Å². The van der Waals surface area contributed by atoms with Gasteiger partial charge < -0.3 is 9.64 Å². The fourth-order valence-corrected chi connectivity index (χ4v) is 5.28. The number of nitrogens with zero attached hydrogens (tertiary/aromatic N) is 1. The van der Waals surface area contributed by atoms with Crippen molar-refractivity contribution < 1.29 is 14.3 Å². The molecule has 1 saturated carbocycles. The number of likely N-dealkylation sites (tertiary alicyclic amines) is 1. The van der Waals surface area contributed by atoms with E-state index in [1.807, 2.05) is 11.8 Å². The Bertz CT molecular complexity index is 600. The van der Waals surface area contributed by atoms with Gasteiger partial charge in [0.25, 0.3) is 0 Å². The van der Waals surface area contributed by atoms with Crippen molar-refractivity contribution in [3.63, 3.8) is 0 Å². The van der Waals surface area contributed by atoms with E-state index in [1.54, 1.807) is 0 Å². The first-order valence-electron chi connectivity index (χ1n) is 9.09. The summed E-state index contributed by atoms with van der Waals surface area (Å²) in [6.45, 7) is 6.28. The zero-order chi connectivity index (χ0) is 16.4. The molecule has 2 fully saturated rings. The minimum Gasteiger partial charge on any atom is -0.471 e. The Morgan fingerprint density at radius 3 is 2.43 bits per heavy atom. The van der Waals surface area contributed by atoms with Gasteiger partial charge >= 0.3 is 0 Å². The van der Waals surface area contributed by atoms with Gasteiger partial charge in [-0.25, -0.2) is 0 Å². The Kier molecular flexibility index (Phi) is 3.20. The van der Waals surface area contributed by atoms with E-state index in [2.05, 4.69) is 13.8 Å². The van der Waals surface area contributed by atoms with E-state index in [-0.39, 0.29) is 29.1 Å². The molecule has 1 amide bonds. The Morgan fingerprint density at radius 1 is 1.04 bits per heavy atom. The molecule has 4 heteroatoms. The third-order valence-corrected chi connectivity index (χ3v) is 6.27.